The first-order chi connectivity index (χ1) is 15.3. The monoisotopic (exact) mass is 453 g/mol. The molecule has 1 amide bonds. The Morgan fingerprint density at radius 1 is 1.06 bits per heavy atom. The Balaban J connectivity index is 1.40. The first-order valence-corrected chi connectivity index (χ1v) is 12.1. The van der Waals surface area contributed by atoms with Crippen molar-refractivity contribution in [3.05, 3.63) is 72.3 Å². The lowest BCUT2D eigenvalue weighted by molar-refractivity contribution is 0.0939. The smallest absolute Gasteiger partial charge is 0.251 e. The summed E-state index contributed by atoms with van der Waals surface area (Å²) in [6.07, 6.45) is 4.84. The molecule has 1 aliphatic rings. The number of sulfonamides is 1. The molecule has 1 unspecified atom stereocenters. The van der Waals surface area contributed by atoms with E-state index in [1.807, 2.05) is 31.2 Å². The van der Waals surface area contributed by atoms with Crippen molar-refractivity contribution >= 4 is 15.9 Å². The maximum atomic E-state index is 12.9. The van der Waals surface area contributed by atoms with E-state index in [9.17, 15) is 13.2 Å². The van der Waals surface area contributed by atoms with E-state index in [1.54, 1.807) is 23.1 Å². The van der Waals surface area contributed by atoms with Crippen molar-refractivity contribution in [1.82, 2.24) is 24.4 Å². The van der Waals surface area contributed by atoms with Crippen LogP contribution in [0.1, 0.15) is 48.7 Å². The molecule has 1 atom stereocenters. The van der Waals surface area contributed by atoms with Crippen molar-refractivity contribution in [3.8, 4) is 5.69 Å². The Kier molecular flexibility index (Phi) is 6.38. The summed E-state index contributed by atoms with van der Waals surface area (Å²) in [5.74, 6) is 0.293. The van der Waals surface area contributed by atoms with Crippen molar-refractivity contribution in [2.75, 3.05) is 13.1 Å². The first-order valence-electron chi connectivity index (χ1n) is 10.7. The number of carbonyl (C=O) groups is 1. The van der Waals surface area contributed by atoms with Gasteiger partial charge in [0.1, 0.15) is 12.7 Å². The predicted octanol–water partition coefficient (Wildman–Crippen LogP) is 3.18. The normalized spacial score (nSPS) is 16.6. The zero-order valence-corrected chi connectivity index (χ0v) is 19.0. The van der Waals surface area contributed by atoms with Gasteiger partial charge in [-0.1, -0.05) is 19.1 Å². The summed E-state index contributed by atoms with van der Waals surface area (Å²) >= 11 is 0. The number of nitrogens with one attached hydrogen (secondary N) is 1. The minimum absolute atomic E-state index is 0.217. The molecule has 168 valence electrons. The first kappa shape index (κ1) is 22.2. The topological polar surface area (TPSA) is 97.2 Å². The van der Waals surface area contributed by atoms with Crippen molar-refractivity contribution in [2.24, 2.45) is 5.92 Å². The number of benzene rings is 2. The molecular weight excluding hydrogens is 426 g/mol. The molecule has 1 fully saturated rings. The van der Waals surface area contributed by atoms with Crippen LogP contribution in [0.15, 0.2) is 66.1 Å². The van der Waals surface area contributed by atoms with Crippen LogP contribution in [0.5, 0.6) is 0 Å². The molecule has 32 heavy (non-hydrogen) atoms. The third kappa shape index (κ3) is 4.73. The van der Waals surface area contributed by atoms with Gasteiger partial charge in [-0.15, -0.1) is 0 Å². The molecule has 0 spiro atoms. The minimum atomic E-state index is -3.53. The molecular formula is C23H27N5O3S. The Bertz CT molecular complexity index is 1150. The van der Waals surface area contributed by atoms with E-state index in [0.29, 0.717) is 24.6 Å². The lowest BCUT2D eigenvalue weighted by Gasteiger charge is -2.29. The van der Waals surface area contributed by atoms with Crippen LogP contribution < -0.4 is 5.32 Å². The van der Waals surface area contributed by atoms with Crippen LogP contribution in [-0.2, 0) is 10.0 Å². The summed E-state index contributed by atoms with van der Waals surface area (Å²) in [4.78, 5) is 16.8. The molecule has 3 aromatic rings. The van der Waals surface area contributed by atoms with E-state index >= 15 is 0 Å². The van der Waals surface area contributed by atoms with Crippen LogP contribution in [0, 0.1) is 5.92 Å². The molecule has 2 heterocycles. The van der Waals surface area contributed by atoms with Gasteiger partial charge in [0.15, 0.2) is 0 Å². The highest BCUT2D eigenvalue weighted by molar-refractivity contribution is 7.89. The summed E-state index contributed by atoms with van der Waals surface area (Å²) < 4.78 is 28.9. The Hall–Kier alpha value is -3.04. The molecule has 9 heteroatoms. The zero-order valence-electron chi connectivity index (χ0n) is 18.2. The summed E-state index contributed by atoms with van der Waals surface area (Å²) in [6.45, 7) is 5.13. The van der Waals surface area contributed by atoms with E-state index < -0.39 is 10.0 Å². The maximum Gasteiger partial charge on any atom is 0.251 e. The summed E-state index contributed by atoms with van der Waals surface area (Å²) in [5.41, 5.74) is 2.24. The Morgan fingerprint density at radius 3 is 2.31 bits per heavy atom. The highest BCUT2D eigenvalue weighted by Crippen LogP contribution is 2.24. The zero-order chi connectivity index (χ0) is 22.7. The molecule has 1 aliphatic heterocycles. The predicted molar refractivity (Wildman–Crippen MR) is 121 cm³/mol. The molecule has 1 aromatic heterocycles. The van der Waals surface area contributed by atoms with E-state index in [4.69, 9.17) is 0 Å². The summed E-state index contributed by atoms with van der Waals surface area (Å²) in [7, 11) is -3.53. The number of carbonyl (C=O) groups excluding carboxylic acids is 1. The quantitative estimate of drug-likeness (QED) is 0.618. The standard InChI is InChI=1S/C23H27N5O3S/c1-17-11-13-27(14-12-17)32(30,31)22-9-5-20(6-10-22)23(29)26-18(2)19-3-7-21(8-4-19)28-16-24-15-25-28/h3-10,15-18H,11-14H2,1-2H3,(H,26,29). The second-order valence-corrected chi connectivity index (χ2v) is 10.2. The van der Waals surface area contributed by atoms with Gasteiger partial charge in [0, 0.05) is 18.7 Å². The largest absolute Gasteiger partial charge is 0.346 e. The van der Waals surface area contributed by atoms with Gasteiger partial charge in [0.05, 0.1) is 16.6 Å². The van der Waals surface area contributed by atoms with Crippen molar-refractivity contribution in [3.63, 3.8) is 0 Å². The fourth-order valence-electron chi connectivity index (χ4n) is 3.77. The van der Waals surface area contributed by atoms with Gasteiger partial charge in [0.2, 0.25) is 10.0 Å². The summed E-state index contributed by atoms with van der Waals surface area (Å²) in [5, 5.41) is 7.06. The lowest BCUT2D eigenvalue weighted by Crippen LogP contribution is -2.37. The van der Waals surface area contributed by atoms with Crippen molar-refractivity contribution in [2.45, 2.75) is 37.6 Å². The molecule has 1 N–H and O–H groups in total. The molecule has 0 saturated carbocycles. The number of amides is 1. The maximum absolute atomic E-state index is 12.9. The SMILES string of the molecule is CC1CCN(S(=O)(=O)c2ccc(C(=O)NC(C)c3ccc(-n4cncn4)cc3)cc2)CC1. The van der Waals surface area contributed by atoms with Gasteiger partial charge < -0.3 is 5.32 Å². The van der Waals surface area contributed by atoms with Crippen LogP contribution in [0.2, 0.25) is 0 Å². The van der Waals surface area contributed by atoms with Crippen molar-refractivity contribution < 1.29 is 13.2 Å². The molecule has 2 aromatic carbocycles. The number of hydrogen-bond donors (Lipinski definition) is 1. The van der Waals surface area contributed by atoms with E-state index in [-0.39, 0.29) is 16.8 Å². The van der Waals surface area contributed by atoms with Crippen LogP contribution in [0.25, 0.3) is 5.69 Å². The molecule has 0 aliphatic carbocycles. The van der Waals surface area contributed by atoms with Gasteiger partial charge in [-0.05, 0) is 67.6 Å². The van der Waals surface area contributed by atoms with Gasteiger partial charge in [-0.2, -0.15) is 9.40 Å². The van der Waals surface area contributed by atoms with Gasteiger partial charge >= 0.3 is 0 Å². The fraction of sp³-hybridized carbons (Fsp3) is 0.348. The number of hydrogen-bond acceptors (Lipinski definition) is 5. The van der Waals surface area contributed by atoms with Gasteiger partial charge in [-0.25, -0.2) is 18.1 Å². The second-order valence-electron chi connectivity index (χ2n) is 8.24. The fourth-order valence-corrected chi connectivity index (χ4v) is 5.24. The van der Waals surface area contributed by atoms with Crippen LogP contribution in [-0.4, -0.2) is 46.5 Å². The van der Waals surface area contributed by atoms with Crippen LogP contribution >= 0.6 is 0 Å². The minimum Gasteiger partial charge on any atom is -0.346 e. The number of rotatable bonds is 6. The Morgan fingerprint density at radius 2 is 1.72 bits per heavy atom. The highest BCUT2D eigenvalue weighted by atomic mass is 32.2. The van der Waals surface area contributed by atoms with Crippen LogP contribution in [0.4, 0.5) is 0 Å². The average Bonchev–Trinajstić information content (AvgIpc) is 3.34. The molecule has 4 rings (SSSR count). The molecule has 0 radical (unpaired) electrons. The number of piperidine rings is 1. The third-order valence-electron chi connectivity index (χ3n) is 5.92. The molecule has 1 saturated heterocycles. The van der Waals surface area contributed by atoms with Crippen molar-refractivity contribution in [1.29, 1.82) is 0 Å². The second kappa shape index (κ2) is 9.22. The van der Waals surface area contributed by atoms with E-state index in [2.05, 4.69) is 22.3 Å². The van der Waals surface area contributed by atoms with E-state index in [1.165, 1.54) is 22.8 Å². The van der Waals surface area contributed by atoms with E-state index in [0.717, 1.165) is 24.1 Å². The molecule has 8 nitrogen and oxygen atoms in total. The third-order valence-corrected chi connectivity index (χ3v) is 7.83. The highest BCUT2D eigenvalue weighted by Gasteiger charge is 2.28. The number of nitrogens with zero attached hydrogens (tertiary/aromatic N) is 4. The molecule has 0 bridgehead atoms. The lowest BCUT2D eigenvalue weighted by atomic mass is 10.0. The Labute approximate surface area is 188 Å². The van der Waals surface area contributed by atoms with Gasteiger partial charge in [-0.3, -0.25) is 4.79 Å². The van der Waals surface area contributed by atoms with Gasteiger partial charge in [0.25, 0.3) is 5.91 Å². The average molecular weight is 454 g/mol. The summed E-state index contributed by atoms with van der Waals surface area (Å²) in [6, 6.07) is 13.6. The number of aromatic nitrogens is 3. The van der Waals surface area contributed by atoms with Crippen LogP contribution in [0.3, 0.4) is 0 Å².